The third kappa shape index (κ3) is 2.73. The van der Waals surface area contributed by atoms with Crippen molar-refractivity contribution in [1.29, 1.82) is 0 Å². The second-order valence-corrected chi connectivity index (χ2v) is 4.86. The van der Waals surface area contributed by atoms with Crippen LogP contribution in [0.25, 0.3) is 0 Å². The maximum absolute atomic E-state index is 12.1. The molecule has 0 bridgehead atoms. The van der Waals surface area contributed by atoms with Crippen molar-refractivity contribution in [3.05, 3.63) is 12.2 Å². The molecule has 110 valence electrons. The van der Waals surface area contributed by atoms with Crippen molar-refractivity contribution < 1.29 is 14.7 Å². The van der Waals surface area contributed by atoms with Gasteiger partial charge in [-0.25, -0.2) is 4.79 Å². The molecule has 0 radical (unpaired) electrons. The molecule has 2 heterocycles. The minimum Gasteiger partial charge on any atom is -0.481 e. The van der Waals surface area contributed by atoms with Crippen LogP contribution in [-0.4, -0.2) is 49.4 Å². The lowest BCUT2D eigenvalue weighted by Gasteiger charge is -2.23. The van der Waals surface area contributed by atoms with Gasteiger partial charge in [-0.2, -0.15) is 0 Å². The zero-order chi connectivity index (χ0) is 14.7. The molecular formula is C12H19N5O3. The summed E-state index contributed by atoms with van der Waals surface area (Å²) in [5.41, 5.74) is 0. The Kier molecular flexibility index (Phi) is 4.21. The van der Waals surface area contributed by atoms with Crippen molar-refractivity contribution in [3.63, 3.8) is 0 Å². The Morgan fingerprint density at radius 1 is 1.55 bits per heavy atom. The first kappa shape index (κ1) is 14.3. The van der Waals surface area contributed by atoms with Crippen molar-refractivity contribution in [2.45, 2.75) is 39.4 Å². The summed E-state index contributed by atoms with van der Waals surface area (Å²) >= 11 is 0. The van der Waals surface area contributed by atoms with Crippen LogP contribution in [0, 0.1) is 5.92 Å². The van der Waals surface area contributed by atoms with Gasteiger partial charge >= 0.3 is 12.0 Å². The average Bonchev–Trinajstić information content (AvgIpc) is 3.01. The number of hydrogen-bond acceptors (Lipinski definition) is 4. The van der Waals surface area contributed by atoms with Gasteiger partial charge in [-0.1, -0.05) is 0 Å². The van der Waals surface area contributed by atoms with Crippen LogP contribution in [0.3, 0.4) is 0 Å². The van der Waals surface area contributed by atoms with Gasteiger partial charge in [-0.05, 0) is 20.3 Å². The number of urea groups is 1. The predicted octanol–water partition coefficient (Wildman–Crippen LogP) is 0.303. The van der Waals surface area contributed by atoms with Gasteiger partial charge < -0.3 is 19.9 Å². The fraction of sp³-hybridized carbons (Fsp3) is 0.667. The van der Waals surface area contributed by atoms with Gasteiger partial charge in [0.15, 0.2) is 5.82 Å². The lowest BCUT2D eigenvalue weighted by Crippen LogP contribution is -2.43. The van der Waals surface area contributed by atoms with Crippen molar-refractivity contribution in [1.82, 2.24) is 25.0 Å². The molecule has 2 unspecified atom stereocenters. The van der Waals surface area contributed by atoms with E-state index in [1.165, 1.54) is 0 Å². The van der Waals surface area contributed by atoms with Crippen molar-refractivity contribution in [2.75, 3.05) is 6.54 Å². The normalized spacial score (nSPS) is 22.0. The largest absolute Gasteiger partial charge is 0.481 e. The molecule has 1 aromatic heterocycles. The number of nitrogens with one attached hydrogen (secondary N) is 1. The summed E-state index contributed by atoms with van der Waals surface area (Å²) in [4.78, 5) is 24.7. The molecule has 0 saturated carbocycles. The number of carboxylic acid groups (broad SMARTS) is 1. The number of aromatic nitrogens is 3. The molecule has 0 aromatic carbocycles. The van der Waals surface area contributed by atoms with Crippen LogP contribution in [0.4, 0.5) is 4.79 Å². The molecule has 1 aliphatic heterocycles. The molecule has 1 fully saturated rings. The molecule has 1 aliphatic rings. The van der Waals surface area contributed by atoms with E-state index in [2.05, 4.69) is 15.5 Å². The maximum atomic E-state index is 12.1. The average molecular weight is 281 g/mol. The van der Waals surface area contributed by atoms with E-state index in [1.807, 2.05) is 11.5 Å². The summed E-state index contributed by atoms with van der Waals surface area (Å²) in [5, 5.41) is 19.5. The van der Waals surface area contributed by atoms with Gasteiger partial charge in [0.1, 0.15) is 6.33 Å². The maximum Gasteiger partial charge on any atom is 0.318 e. The Bertz CT molecular complexity index is 501. The van der Waals surface area contributed by atoms with Crippen LogP contribution >= 0.6 is 0 Å². The fourth-order valence-corrected chi connectivity index (χ4v) is 2.49. The van der Waals surface area contributed by atoms with E-state index in [1.54, 1.807) is 18.2 Å². The van der Waals surface area contributed by atoms with E-state index >= 15 is 0 Å². The van der Waals surface area contributed by atoms with Gasteiger partial charge in [0.05, 0.1) is 12.5 Å². The van der Waals surface area contributed by atoms with Crippen LogP contribution in [0.1, 0.15) is 26.1 Å². The van der Waals surface area contributed by atoms with E-state index in [-0.39, 0.29) is 18.6 Å². The van der Waals surface area contributed by atoms with Gasteiger partial charge in [0.25, 0.3) is 0 Å². The molecule has 20 heavy (non-hydrogen) atoms. The highest BCUT2D eigenvalue weighted by Crippen LogP contribution is 2.24. The Hall–Kier alpha value is -2.12. The van der Waals surface area contributed by atoms with Crippen LogP contribution in [-0.2, 0) is 17.9 Å². The van der Waals surface area contributed by atoms with Crippen molar-refractivity contribution >= 4 is 12.0 Å². The molecule has 0 aliphatic carbocycles. The molecular weight excluding hydrogens is 262 g/mol. The fourth-order valence-electron chi connectivity index (χ4n) is 2.49. The van der Waals surface area contributed by atoms with E-state index < -0.39 is 11.9 Å². The first-order valence-electron chi connectivity index (χ1n) is 6.68. The third-order valence-corrected chi connectivity index (χ3v) is 3.77. The minimum atomic E-state index is -0.849. The highest BCUT2D eigenvalue weighted by Gasteiger charge is 2.38. The van der Waals surface area contributed by atoms with Crippen LogP contribution in [0.2, 0.25) is 0 Å². The SMILES string of the molecule is CCn1cnnc1CNC(=O)N1CCC(C(=O)O)C1C. The molecule has 2 rings (SSSR count). The number of hydrogen-bond donors (Lipinski definition) is 2. The topological polar surface area (TPSA) is 100 Å². The second kappa shape index (κ2) is 5.89. The summed E-state index contributed by atoms with van der Waals surface area (Å²) in [5.74, 6) is -0.652. The molecule has 8 heteroatoms. The van der Waals surface area contributed by atoms with Crippen molar-refractivity contribution in [3.8, 4) is 0 Å². The Morgan fingerprint density at radius 3 is 2.90 bits per heavy atom. The quantitative estimate of drug-likeness (QED) is 0.827. The van der Waals surface area contributed by atoms with Crippen LogP contribution in [0.5, 0.6) is 0 Å². The zero-order valence-corrected chi connectivity index (χ0v) is 11.6. The molecule has 2 atom stereocenters. The zero-order valence-electron chi connectivity index (χ0n) is 11.6. The smallest absolute Gasteiger partial charge is 0.318 e. The molecule has 0 spiro atoms. The van der Waals surface area contributed by atoms with E-state index in [0.29, 0.717) is 18.8 Å². The lowest BCUT2D eigenvalue weighted by atomic mass is 10.0. The number of likely N-dealkylation sites (tertiary alicyclic amines) is 1. The van der Waals surface area contributed by atoms with Crippen LogP contribution in [0.15, 0.2) is 6.33 Å². The number of rotatable bonds is 4. The third-order valence-electron chi connectivity index (χ3n) is 3.77. The summed E-state index contributed by atoms with van der Waals surface area (Å²) in [6.45, 7) is 5.21. The van der Waals surface area contributed by atoms with E-state index in [4.69, 9.17) is 5.11 Å². The standard InChI is InChI=1S/C12H19N5O3/c1-3-16-7-14-15-10(16)6-13-12(20)17-5-4-9(8(17)2)11(18)19/h7-9H,3-6H2,1-2H3,(H,13,20)(H,18,19). The molecule has 8 nitrogen and oxygen atoms in total. The van der Waals surface area contributed by atoms with Gasteiger partial charge in [0.2, 0.25) is 0 Å². The summed E-state index contributed by atoms with van der Waals surface area (Å²) in [6.07, 6.45) is 2.11. The number of aliphatic carboxylic acids is 1. The van der Waals surface area contributed by atoms with Gasteiger partial charge in [-0.15, -0.1) is 10.2 Å². The number of aryl methyl sites for hydroxylation is 1. The number of carbonyl (C=O) groups excluding carboxylic acids is 1. The Balaban J connectivity index is 1.91. The monoisotopic (exact) mass is 281 g/mol. The highest BCUT2D eigenvalue weighted by molar-refractivity contribution is 5.78. The van der Waals surface area contributed by atoms with E-state index in [9.17, 15) is 9.59 Å². The second-order valence-electron chi connectivity index (χ2n) is 4.86. The summed E-state index contributed by atoms with van der Waals surface area (Å²) < 4.78 is 1.84. The summed E-state index contributed by atoms with van der Waals surface area (Å²) in [7, 11) is 0. The number of carboxylic acids is 1. The van der Waals surface area contributed by atoms with Crippen molar-refractivity contribution in [2.24, 2.45) is 5.92 Å². The predicted molar refractivity (Wildman–Crippen MR) is 69.8 cm³/mol. The van der Waals surface area contributed by atoms with Gasteiger partial charge in [-0.3, -0.25) is 4.79 Å². The number of amides is 2. The highest BCUT2D eigenvalue weighted by atomic mass is 16.4. The van der Waals surface area contributed by atoms with Gasteiger partial charge in [0, 0.05) is 19.1 Å². The number of carbonyl (C=O) groups is 2. The van der Waals surface area contributed by atoms with Crippen LogP contribution < -0.4 is 5.32 Å². The Labute approximate surface area is 116 Å². The van der Waals surface area contributed by atoms with E-state index in [0.717, 1.165) is 6.54 Å². The summed E-state index contributed by atoms with van der Waals surface area (Å²) in [6, 6.07) is -0.552. The lowest BCUT2D eigenvalue weighted by molar-refractivity contribution is -0.142. The number of nitrogens with zero attached hydrogens (tertiary/aromatic N) is 4. The first-order chi connectivity index (χ1) is 9.54. The molecule has 2 amide bonds. The minimum absolute atomic E-state index is 0.257. The molecule has 1 saturated heterocycles. The first-order valence-corrected chi connectivity index (χ1v) is 6.68. The Morgan fingerprint density at radius 2 is 2.30 bits per heavy atom. The molecule has 2 N–H and O–H groups in total. The molecule has 1 aromatic rings.